The lowest BCUT2D eigenvalue weighted by atomic mass is 9.96. The maximum absolute atomic E-state index is 5.57. The Morgan fingerprint density at radius 3 is 2.79 bits per heavy atom. The summed E-state index contributed by atoms with van der Waals surface area (Å²) >= 11 is 1.65. The van der Waals surface area contributed by atoms with Gasteiger partial charge in [-0.05, 0) is 56.5 Å². The maximum atomic E-state index is 5.57. The average Bonchev–Trinajstić information content (AvgIpc) is 3.46. The zero-order valence-corrected chi connectivity index (χ0v) is 19.8. The van der Waals surface area contributed by atoms with Gasteiger partial charge in [0, 0.05) is 31.1 Å². The molecule has 1 aliphatic rings. The van der Waals surface area contributed by atoms with E-state index in [9.17, 15) is 0 Å². The number of likely N-dealkylation sites (tertiary alicyclic amines) is 1. The molecule has 7 nitrogen and oxygen atoms in total. The average molecular weight is 463 g/mol. The number of nitrogens with zero attached hydrogens (tertiary/aromatic N) is 5. The standard InChI is InChI=1S/C25H30N6OS/c1-2-32-22-8-9-23-24(14-22)27-25(26-23)33-18-21-17-31(29-28-21)16-20-10-12-30(13-11-20)15-19-6-4-3-5-7-19/h3-9,14,17,20H,2,10-13,15-16,18H2,1H3,(H,26,27). The number of hydrogen-bond donors (Lipinski definition) is 1. The molecular weight excluding hydrogens is 432 g/mol. The van der Waals surface area contributed by atoms with Gasteiger partial charge in [-0.1, -0.05) is 47.3 Å². The van der Waals surface area contributed by atoms with E-state index in [1.807, 2.05) is 29.8 Å². The predicted molar refractivity (Wildman–Crippen MR) is 131 cm³/mol. The van der Waals surface area contributed by atoms with Crippen molar-refractivity contribution in [2.75, 3.05) is 19.7 Å². The first-order chi connectivity index (χ1) is 16.2. The highest BCUT2D eigenvalue weighted by atomic mass is 32.2. The number of nitrogens with one attached hydrogen (secondary N) is 1. The number of fused-ring (bicyclic) bond motifs is 1. The van der Waals surface area contributed by atoms with Crippen LogP contribution < -0.4 is 4.74 Å². The van der Waals surface area contributed by atoms with Crippen LogP contribution >= 0.6 is 11.8 Å². The molecule has 0 saturated carbocycles. The first-order valence-corrected chi connectivity index (χ1v) is 12.6. The summed E-state index contributed by atoms with van der Waals surface area (Å²) in [5.74, 6) is 2.27. The minimum atomic E-state index is 0.656. The lowest BCUT2D eigenvalue weighted by molar-refractivity contribution is 0.164. The van der Waals surface area contributed by atoms with Gasteiger partial charge >= 0.3 is 0 Å². The minimum Gasteiger partial charge on any atom is -0.494 e. The molecule has 0 radical (unpaired) electrons. The molecule has 1 saturated heterocycles. The lowest BCUT2D eigenvalue weighted by Crippen LogP contribution is -2.34. The molecule has 172 valence electrons. The van der Waals surface area contributed by atoms with Crippen LogP contribution in [0.1, 0.15) is 31.0 Å². The molecule has 1 fully saturated rings. The van der Waals surface area contributed by atoms with Crippen molar-refractivity contribution >= 4 is 22.8 Å². The fraction of sp³-hybridized carbons (Fsp3) is 0.400. The van der Waals surface area contributed by atoms with Gasteiger partial charge in [0.1, 0.15) is 5.75 Å². The van der Waals surface area contributed by atoms with Crippen LogP contribution in [0.15, 0.2) is 59.9 Å². The number of imidazole rings is 1. The summed E-state index contributed by atoms with van der Waals surface area (Å²) in [5.41, 5.74) is 4.32. The van der Waals surface area contributed by atoms with Crippen molar-refractivity contribution in [1.82, 2.24) is 29.9 Å². The van der Waals surface area contributed by atoms with E-state index in [0.717, 1.165) is 59.6 Å². The summed E-state index contributed by atoms with van der Waals surface area (Å²) in [6.45, 7) is 6.93. The fourth-order valence-electron chi connectivity index (χ4n) is 4.36. The van der Waals surface area contributed by atoms with E-state index in [2.05, 4.69) is 61.7 Å². The highest BCUT2D eigenvalue weighted by Crippen LogP contribution is 2.25. The van der Waals surface area contributed by atoms with Gasteiger partial charge in [-0.15, -0.1) is 5.10 Å². The molecule has 8 heteroatoms. The molecule has 0 spiro atoms. The third-order valence-electron chi connectivity index (χ3n) is 6.09. The number of benzene rings is 2. The Morgan fingerprint density at radius 2 is 1.97 bits per heavy atom. The van der Waals surface area contributed by atoms with Crippen LogP contribution in [0.3, 0.4) is 0 Å². The molecule has 3 heterocycles. The third kappa shape index (κ3) is 5.75. The van der Waals surface area contributed by atoms with Crippen molar-refractivity contribution in [3.05, 3.63) is 66.0 Å². The van der Waals surface area contributed by atoms with Crippen molar-refractivity contribution in [1.29, 1.82) is 0 Å². The normalized spacial score (nSPS) is 15.3. The second-order valence-electron chi connectivity index (χ2n) is 8.58. The quantitative estimate of drug-likeness (QED) is 0.362. The number of hydrogen-bond acceptors (Lipinski definition) is 6. The van der Waals surface area contributed by atoms with E-state index < -0.39 is 0 Å². The monoisotopic (exact) mass is 462 g/mol. The topological polar surface area (TPSA) is 71.9 Å². The van der Waals surface area contributed by atoms with Crippen LogP contribution in [0.5, 0.6) is 5.75 Å². The molecule has 0 atom stereocenters. The molecule has 2 aromatic carbocycles. The van der Waals surface area contributed by atoms with Gasteiger partial charge in [-0.3, -0.25) is 9.58 Å². The van der Waals surface area contributed by atoms with Crippen molar-refractivity contribution in [3.8, 4) is 5.75 Å². The lowest BCUT2D eigenvalue weighted by Gasteiger charge is -2.31. The number of piperidine rings is 1. The Labute approximate surface area is 198 Å². The van der Waals surface area contributed by atoms with Gasteiger partial charge in [-0.25, -0.2) is 4.98 Å². The Hall–Kier alpha value is -2.84. The number of thioether (sulfide) groups is 1. The van der Waals surface area contributed by atoms with Crippen LogP contribution in [0.2, 0.25) is 0 Å². The highest BCUT2D eigenvalue weighted by molar-refractivity contribution is 7.98. The van der Waals surface area contributed by atoms with Crippen molar-refractivity contribution in [3.63, 3.8) is 0 Å². The molecule has 1 aliphatic heterocycles. The van der Waals surface area contributed by atoms with E-state index >= 15 is 0 Å². The summed E-state index contributed by atoms with van der Waals surface area (Å²) in [6, 6.07) is 16.7. The molecule has 1 N–H and O–H groups in total. The Bertz CT molecular complexity index is 1170. The fourth-order valence-corrected chi connectivity index (χ4v) is 5.12. The van der Waals surface area contributed by atoms with Gasteiger partial charge < -0.3 is 9.72 Å². The summed E-state index contributed by atoms with van der Waals surface area (Å²) in [4.78, 5) is 10.6. The number of aromatic nitrogens is 5. The molecular formula is C25H30N6OS. The largest absolute Gasteiger partial charge is 0.494 e. The van der Waals surface area contributed by atoms with E-state index in [1.165, 1.54) is 18.4 Å². The van der Waals surface area contributed by atoms with Crippen molar-refractivity contribution < 1.29 is 4.74 Å². The number of rotatable bonds is 9. The summed E-state index contributed by atoms with van der Waals surface area (Å²) in [5, 5.41) is 9.64. The van der Waals surface area contributed by atoms with E-state index in [1.54, 1.807) is 11.8 Å². The molecule has 4 aromatic rings. The maximum Gasteiger partial charge on any atom is 0.166 e. The first kappa shape index (κ1) is 22.0. The van der Waals surface area contributed by atoms with Crippen LogP contribution in [0.4, 0.5) is 0 Å². The Morgan fingerprint density at radius 1 is 1.12 bits per heavy atom. The molecule has 0 amide bonds. The van der Waals surface area contributed by atoms with Gasteiger partial charge in [-0.2, -0.15) is 0 Å². The Balaban J connectivity index is 1.09. The number of ether oxygens (including phenoxy) is 1. The molecule has 33 heavy (non-hydrogen) atoms. The summed E-state index contributed by atoms with van der Waals surface area (Å²) in [6.07, 6.45) is 4.50. The zero-order chi connectivity index (χ0) is 22.5. The van der Waals surface area contributed by atoms with Crippen LogP contribution in [-0.2, 0) is 18.8 Å². The summed E-state index contributed by atoms with van der Waals surface area (Å²) in [7, 11) is 0. The van der Waals surface area contributed by atoms with E-state index in [4.69, 9.17) is 4.74 Å². The van der Waals surface area contributed by atoms with Crippen LogP contribution in [-0.4, -0.2) is 49.6 Å². The van der Waals surface area contributed by atoms with Crippen molar-refractivity contribution in [2.24, 2.45) is 5.92 Å². The number of H-pyrrole nitrogens is 1. The van der Waals surface area contributed by atoms with Gasteiger partial charge in [0.05, 0.1) is 23.3 Å². The van der Waals surface area contributed by atoms with Gasteiger partial charge in [0.15, 0.2) is 5.16 Å². The molecule has 2 aromatic heterocycles. The first-order valence-electron chi connectivity index (χ1n) is 11.7. The van der Waals surface area contributed by atoms with E-state index in [-0.39, 0.29) is 0 Å². The van der Waals surface area contributed by atoms with Crippen molar-refractivity contribution in [2.45, 2.75) is 43.8 Å². The van der Waals surface area contributed by atoms with Crippen LogP contribution in [0, 0.1) is 5.92 Å². The third-order valence-corrected chi connectivity index (χ3v) is 6.99. The zero-order valence-electron chi connectivity index (χ0n) is 19.0. The Kier molecular flexibility index (Phi) is 6.92. The summed E-state index contributed by atoms with van der Waals surface area (Å²) < 4.78 is 7.59. The van der Waals surface area contributed by atoms with E-state index in [0.29, 0.717) is 12.5 Å². The molecule has 0 aliphatic carbocycles. The minimum absolute atomic E-state index is 0.656. The predicted octanol–water partition coefficient (Wildman–Crippen LogP) is 4.76. The number of aromatic amines is 1. The van der Waals surface area contributed by atoms with Gasteiger partial charge in [0.2, 0.25) is 0 Å². The molecule has 0 unspecified atom stereocenters. The molecule has 0 bridgehead atoms. The highest BCUT2D eigenvalue weighted by Gasteiger charge is 2.20. The van der Waals surface area contributed by atoms with Gasteiger partial charge in [0.25, 0.3) is 0 Å². The SMILES string of the molecule is CCOc1ccc2nc(SCc3cn(CC4CCN(Cc5ccccc5)CC4)nn3)[nH]c2c1. The second-order valence-corrected chi connectivity index (χ2v) is 9.54. The van der Waals surface area contributed by atoms with Crippen LogP contribution in [0.25, 0.3) is 11.0 Å². The molecule has 5 rings (SSSR count). The smallest absolute Gasteiger partial charge is 0.166 e. The second kappa shape index (κ2) is 10.4.